The molecule has 2 rings (SSSR count). The number of aromatic carboxylic acids is 1. The molecule has 0 radical (unpaired) electrons. The normalized spacial score (nSPS) is 11.5. The van der Waals surface area contributed by atoms with Gasteiger partial charge in [-0.1, -0.05) is 25.4 Å². The number of carboxylic acids is 1. The molecule has 0 aromatic heterocycles. The monoisotopic (exact) mass is 453 g/mol. The number of carboxylic acid groups (broad SMARTS) is 1. The Morgan fingerprint density at radius 2 is 1.73 bits per heavy atom. The Kier molecular flexibility index (Phi) is 7.83. The Bertz CT molecular complexity index is 1050. The minimum atomic E-state index is -3.80. The summed E-state index contributed by atoms with van der Waals surface area (Å²) in [5.41, 5.74) is 5.89. The van der Waals surface area contributed by atoms with Gasteiger partial charge in [-0.3, -0.25) is 4.79 Å². The number of benzene rings is 2. The van der Waals surface area contributed by atoms with Gasteiger partial charge in [0.1, 0.15) is 4.90 Å². The van der Waals surface area contributed by atoms with Gasteiger partial charge in [0.2, 0.25) is 10.0 Å². The lowest BCUT2D eigenvalue weighted by Crippen LogP contribution is -2.33. The number of hydrogen-bond donors (Lipinski definition) is 3. The first kappa shape index (κ1) is 23.7. The predicted molar refractivity (Wildman–Crippen MR) is 117 cm³/mol. The van der Waals surface area contributed by atoms with Crippen LogP contribution in [0.2, 0.25) is 5.02 Å². The third-order valence-corrected chi connectivity index (χ3v) is 6.50. The van der Waals surface area contributed by atoms with Gasteiger partial charge in [0.25, 0.3) is 5.91 Å². The topological polar surface area (TPSA) is 130 Å². The van der Waals surface area contributed by atoms with Crippen molar-refractivity contribution in [2.24, 2.45) is 0 Å². The van der Waals surface area contributed by atoms with Crippen LogP contribution in [-0.4, -0.2) is 42.8 Å². The van der Waals surface area contributed by atoms with Crippen LogP contribution in [0.4, 0.5) is 11.4 Å². The average Bonchev–Trinajstić information content (AvgIpc) is 2.68. The summed E-state index contributed by atoms with van der Waals surface area (Å²) in [5.74, 6) is -1.88. The SMILES string of the molecule is CCCN(CCC)S(=O)(=O)c1ccc(C(=O)Nc2ccc(Cl)cc2C(=O)O)cc1N. The number of anilines is 2. The molecule has 1 amide bonds. The van der Waals surface area contributed by atoms with Crippen molar-refractivity contribution in [3.63, 3.8) is 0 Å². The highest BCUT2D eigenvalue weighted by Crippen LogP contribution is 2.26. The lowest BCUT2D eigenvalue weighted by atomic mass is 10.1. The number of nitrogens with zero attached hydrogens (tertiary/aromatic N) is 1. The van der Waals surface area contributed by atoms with Crippen LogP contribution < -0.4 is 11.1 Å². The highest BCUT2D eigenvalue weighted by Gasteiger charge is 2.26. The van der Waals surface area contributed by atoms with Crippen LogP contribution in [0.5, 0.6) is 0 Å². The highest BCUT2D eigenvalue weighted by atomic mass is 35.5. The molecule has 30 heavy (non-hydrogen) atoms. The lowest BCUT2D eigenvalue weighted by molar-refractivity contribution is 0.0698. The summed E-state index contributed by atoms with van der Waals surface area (Å²) in [4.78, 5) is 23.9. The average molecular weight is 454 g/mol. The molecular formula is C20H24ClN3O5S. The number of amides is 1. The van der Waals surface area contributed by atoms with Crippen LogP contribution in [0.1, 0.15) is 47.4 Å². The smallest absolute Gasteiger partial charge is 0.337 e. The lowest BCUT2D eigenvalue weighted by Gasteiger charge is -2.22. The molecule has 0 aliphatic heterocycles. The van der Waals surface area contributed by atoms with E-state index in [0.717, 1.165) is 0 Å². The molecule has 0 aliphatic rings. The number of nitrogens with two attached hydrogens (primary N) is 1. The van der Waals surface area contributed by atoms with Crippen molar-refractivity contribution in [2.45, 2.75) is 31.6 Å². The molecule has 0 atom stereocenters. The Hall–Kier alpha value is -2.62. The number of nitrogen functional groups attached to an aromatic ring is 1. The van der Waals surface area contributed by atoms with Crippen molar-refractivity contribution < 1.29 is 23.1 Å². The molecule has 0 saturated heterocycles. The van der Waals surface area contributed by atoms with E-state index in [1.807, 2.05) is 13.8 Å². The fraction of sp³-hybridized carbons (Fsp3) is 0.300. The molecule has 162 valence electrons. The van der Waals surface area contributed by atoms with E-state index in [0.29, 0.717) is 25.9 Å². The quantitative estimate of drug-likeness (QED) is 0.496. The van der Waals surface area contributed by atoms with E-state index >= 15 is 0 Å². The van der Waals surface area contributed by atoms with E-state index in [4.69, 9.17) is 17.3 Å². The number of sulfonamides is 1. The van der Waals surface area contributed by atoms with Crippen molar-refractivity contribution in [1.82, 2.24) is 4.31 Å². The molecule has 2 aromatic carbocycles. The molecule has 0 spiro atoms. The van der Waals surface area contributed by atoms with E-state index < -0.39 is 21.9 Å². The fourth-order valence-corrected chi connectivity index (χ4v) is 4.80. The predicted octanol–water partition coefficient (Wildman–Crippen LogP) is 3.68. The first-order chi connectivity index (χ1) is 14.1. The second-order valence-corrected chi connectivity index (χ2v) is 8.95. The van der Waals surface area contributed by atoms with Crippen molar-refractivity contribution in [2.75, 3.05) is 24.1 Å². The second kappa shape index (κ2) is 9.92. The number of hydrogen-bond acceptors (Lipinski definition) is 5. The number of halogens is 1. The minimum absolute atomic E-state index is 0.0595. The largest absolute Gasteiger partial charge is 0.478 e. The van der Waals surface area contributed by atoms with Crippen molar-refractivity contribution in [3.05, 3.63) is 52.5 Å². The molecule has 0 bridgehead atoms. The van der Waals surface area contributed by atoms with E-state index in [9.17, 15) is 23.1 Å². The minimum Gasteiger partial charge on any atom is -0.478 e. The van der Waals surface area contributed by atoms with Crippen LogP contribution in [0.25, 0.3) is 0 Å². The number of rotatable bonds is 9. The molecular weight excluding hydrogens is 430 g/mol. The van der Waals surface area contributed by atoms with Crippen LogP contribution in [0, 0.1) is 0 Å². The van der Waals surface area contributed by atoms with Gasteiger partial charge in [-0.15, -0.1) is 0 Å². The van der Waals surface area contributed by atoms with Crippen molar-refractivity contribution in [3.8, 4) is 0 Å². The molecule has 8 nitrogen and oxygen atoms in total. The Morgan fingerprint density at radius 3 is 2.27 bits per heavy atom. The zero-order chi connectivity index (χ0) is 22.5. The number of carbonyl (C=O) groups is 2. The van der Waals surface area contributed by atoms with Gasteiger partial charge in [0, 0.05) is 23.7 Å². The Morgan fingerprint density at radius 1 is 1.10 bits per heavy atom. The summed E-state index contributed by atoms with van der Waals surface area (Å²) in [6.45, 7) is 4.51. The first-order valence-electron chi connectivity index (χ1n) is 9.35. The zero-order valence-corrected chi connectivity index (χ0v) is 18.3. The molecule has 0 unspecified atom stereocenters. The van der Waals surface area contributed by atoms with Crippen LogP contribution in [0.3, 0.4) is 0 Å². The number of nitrogens with one attached hydrogen (secondary N) is 1. The van der Waals surface area contributed by atoms with Gasteiger partial charge in [-0.2, -0.15) is 4.31 Å². The Labute approximate surface area is 180 Å². The molecule has 2 aromatic rings. The maximum atomic E-state index is 12.9. The summed E-state index contributed by atoms with van der Waals surface area (Å²) in [6, 6.07) is 7.93. The Balaban J connectivity index is 2.33. The third kappa shape index (κ3) is 5.29. The van der Waals surface area contributed by atoms with Gasteiger partial charge in [-0.25, -0.2) is 13.2 Å². The standard InChI is InChI=1S/C20H24ClN3O5S/c1-3-9-24(10-4-2)30(28,29)18-8-5-13(11-16(18)22)19(25)23-17-7-6-14(21)12-15(17)20(26)27/h5-8,11-12H,3-4,9-10,22H2,1-2H3,(H,23,25)(H,26,27). The highest BCUT2D eigenvalue weighted by molar-refractivity contribution is 7.89. The zero-order valence-electron chi connectivity index (χ0n) is 16.7. The first-order valence-corrected chi connectivity index (χ1v) is 11.2. The molecule has 4 N–H and O–H groups in total. The van der Waals surface area contributed by atoms with Gasteiger partial charge in [-0.05, 0) is 49.2 Å². The van der Waals surface area contributed by atoms with Gasteiger partial charge >= 0.3 is 5.97 Å². The molecule has 10 heteroatoms. The van der Waals surface area contributed by atoms with Crippen LogP contribution in [0.15, 0.2) is 41.3 Å². The summed E-state index contributed by atoms with van der Waals surface area (Å²) >= 11 is 5.81. The van der Waals surface area contributed by atoms with E-state index in [-0.39, 0.29) is 32.4 Å². The van der Waals surface area contributed by atoms with E-state index in [1.165, 1.54) is 40.7 Å². The van der Waals surface area contributed by atoms with E-state index in [1.54, 1.807) is 0 Å². The van der Waals surface area contributed by atoms with Gasteiger partial charge in [0.15, 0.2) is 0 Å². The molecule has 0 saturated carbocycles. The summed E-state index contributed by atoms with van der Waals surface area (Å²) < 4.78 is 27.2. The van der Waals surface area contributed by atoms with Crippen molar-refractivity contribution in [1.29, 1.82) is 0 Å². The third-order valence-electron chi connectivity index (χ3n) is 4.30. The fourth-order valence-electron chi connectivity index (χ4n) is 2.91. The van der Waals surface area contributed by atoms with E-state index in [2.05, 4.69) is 5.32 Å². The van der Waals surface area contributed by atoms with Crippen LogP contribution >= 0.6 is 11.6 Å². The summed E-state index contributed by atoms with van der Waals surface area (Å²) in [7, 11) is -3.80. The maximum absolute atomic E-state index is 12.9. The van der Waals surface area contributed by atoms with Crippen LogP contribution in [-0.2, 0) is 10.0 Å². The van der Waals surface area contributed by atoms with Crippen molar-refractivity contribution >= 4 is 44.9 Å². The second-order valence-electron chi connectivity index (χ2n) is 6.61. The summed E-state index contributed by atoms with van der Waals surface area (Å²) in [5, 5.41) is 12.0. The van der Waals surface area contributed by atoms with Gasteiger partial charge in [0.05, 0.1) is 16.9 Å². The molecule has 0 heterocycles. The van der Waals surface area contributed by atoms with Gasteiger partial charge < -0.3 is 16.2 Å². The maximum Gasteiger partial charge on any atom is 0.337 e. The molecule has 0 aliphatic carbocycles. The number of carbonyl (C=O) groups excluding carboxylic acids is 1. The summed E-state index contributed by atoms with van der Waals surface area (Å²) in [6.07, 6.45) is 1.32. The molecule has 0 fully saturated rings.